The second-order valence-corrected chi connectivity index (χ2v) is 8.79. The molecule has 2 N–H and O–H groups in total. The lowest BCUT2D eigenvalue weighted by molar-refractivity contribution is -0.137. The highest BCUT2D eigenvalue weighted by Gasteiger charge is 2.23. The molecule has 1 aromatic carbocycles. The van der Waals surface area contributed by atoms with Crippen LogP contribution in [0.15, 0.2) is 35.5 Å². The topological polar surface area (TPSA) is 109 Å². The number of aliphatic hydroxyl groups is 1. The van der Waals surface area contributed by atoms with Crippen LogP contribution < -0.4 is 0 Å². The third kappa shape index (κ3) is 7.08. The van der Waals surface area contributed by atoms with E-state index in [0.717, 1.165) is 19.3 Å². The number of esters is 1. The molecule has 0 aromatic heterocycles. The Balaban J connectivity index is 1.88. The van der Waals surface area contributed by atoms with Gasteiger partial charge < -0.3 is 24.7 Å². The van der Waals surface area contributed by atoms with Crippen LogP contribution >= 0.6 is 11.6 Å². The Bertz CT molecular complexity index is 982. The standard InChI is InChI=1S/C25H31ClN2O6/c1-17-14-21(30)24(26)20-15-18(27-34-16-22(31)28-11-4-2-5-12-28)8-7-10-19(29)9-3-6-13-33-25(32)23(17)20/h3,7-9,14,19,29-30H,2,4-6,10-13,15-16H2,1H3/b8-7+,9-3+,27-18+. The Labute approximate surface area is 204 Å². The Morgan fingerprint density at radius 2 is 2.06 bits per heavy atom. The summed E-state index contributed by atoms with van der Waals surface area (Å²) in [6.07, 6.45) is 9.99. The summed E-state index contributed by atoms with van der Waals surface area (Å²) >= 11 is 6.38. The number of aromatic hydroxyl groups is 1. The third-order valence-corrected chi connectivity index (χ3v) is 6.17. The highest BCUT2D eigenvalue weighted by molar-refractivity contribution is 6.33. The molecular formula is C25H31ClN2O6. The molecule has 184 valence electrons. The molecule has 0 radical (unpaired) electrons. The number of hydrogen-bond donors (Lipinski definition) is 2. The third-order valence-electron chi connectivity index (χ3n) is 5.74. The van der Waals surface area contributed by atoms with Crippen LogP contribution in [-0.2, 0) is 20.8 Å². The van der Waals surface area contributed by atoms with Gasteiger partial charge >= 0.3 is 5.97 Å². The Hall–Kier alpha value is -2.84. The molecular weight excluding hydrogens is 460 g/mol. The summed E-state index contributed by atoms with van der Waals surface area (Å²) in [5, 5.41) is 24.5. The summed E-state index contributed by atoms with van der Waals surface area (Å²) in [6.45, 7) is 3.06. The van der Waals surface area contributed by atoms with Gasteiger partial charge in [0.2, 0.25) is 0 Å². The summed E-state index contributed by atoms with van der Waals surface area (Å²) in [6, 6.07) is 1.42. The predicted molar refractivity (Wildman–Crippen MR) is 129 cm³/mol. The van der Waals surface area contributed by atoms with E-state index in [2.05, 4.69) is 5.16 Å². The molecule has 1 unspecified atom stereocenters. The van der Waals surface area contributed by atoms with Gasteiger partial charge in [0, 0.05) is 19.5 Å². The maximum atomic E-state index is 12.8. The number of allylic oxidation sites excluding steroid dienone is 1. The van der Waals surface area contributed by atoms with Crippen LogP contribution in [0.2, 0.25) is 5.02 Å². The number of ether oxygens (including phenoxy) is 1. The molecule has 0 spiro atoms. The van der Waals surface area contributed by atoms with Crippen molar-refractivity contribution in [3.05, 3.63) is 52.1 Å². The summed E-state index contributed by atoms with van der Waals surface area (Å²) < 4.78 is 5.39. The molecule has 0 aliphatic carbocycles. The van der Waals surface area contributed by atoms with E-state index in [1.165, 1.54) is 6.07 Å². The zero-order valence-electron chi connectivity index (χ0n) is 19.3. The molecule has 1 atom stereocenters. The number of phenols is 1. The van der Waals surface area contributed by atoms with Crippen LogP contribution in [0.1, 0.15) is 53.6 Å². The fourth-order valence-electron chi connectivity index (χ4n) is 3.97. The molecule has 2 aliphatic rings. The first-order valence-corrected chi connectivity index (χ1v) is 11.9. The molecule has 2 heterocycles. The Morgan fingerprint density at radius 3 is 2.82 bits per heavy atom. The molecule has 1 aromatic rings. The maximum Gasteiger partial charge on any atom is 0.338 e. The normalized spacial score (nSPS) is 22.9. The number of benzene rings is 1. The first kappa shape index (κ1) is 25.8. The monoisotopic (exact) mass is 490 g/mol. The number of likely N-dealkylation sites (tertiary alicyclic amines) is 1. The van der Waals surface area contributed by atoms with E-state index in [-0.39, 0.29) is 41.9 Å². The number of halogens is 1. The van der Waals surface area contributed by atoms with Gasteiger partial charge in [-0.05, 0) is 62.3 Å². The Kier molecular flexibility index (Phi) is 9.53. The second-order valence-electron chi connectivity index (χ2n) is 8.41. The minimum atomic E-state index is -0.708. The number of piperidine rings is 1. The molecule has 0 bridgehead atoms. The minimum absolute atomic E-state index is 0.0232. The van der Waals surface area contributed by atoms with Gasteiger partial charge in [0.15, 0.2) is 6.61 Å². The number of carbonyl (C=O) groups excluding carboxylic acids is 2. The molecule has 2 aliphatic heterocycles. The number of oxime groups is 1. The van der Waals surface area contributed by atoms with Crippen molar-refractivity contribution >= 4 is 29.2 Å². The van der Waals surface area contributed by atoms with Crippen molar-refractivity contribution in [2.24, 2.45) is 5.16 Å². The maximum absolute atomic E-state index is 12.8. The molecule has 9 heteroatoms. The van der Waals surface area contributed by atoms with Gasteiger partial charge in [-0.2, -0.15) is 0 Å². The highest BCUT2D eigenvalue weighted by Crippen LogP contribution is 2.33. The number of phenolic OH excluding ortho intramolecular Hbond substituents is 1. The van der Waals surface area contributed by atoms with Gasteiger partial charge in [-0.3, -0.25) is 4.79 Å². The van der Waals surface area contributed by atoms with E-state index in [9.17, 15) is 19.8 Å². The summed E-state index contributed by atoms with van der Waals surface area (Å²) in [5.41, 5.74) is 1.51. The van der Waals surface area contributed by atoms with Crippen molar-refractivity contribution in [1.82, 2.24) is 4.90 Å². The quantitative estimate of drug-likeness (QED) is 0.380. The van der Waals surface area contributed by atoms with Gasteiger partial charge in [0.05, 0.1) is 29.0 Å². The lowest BCUT2D eigenvalue weighted by Crippen LogP contribution is -2.37. The van der Waals surface area contributed by atoms with E-state index in [0.29, 0.717) is 42.8 Å². The van der Waals surface area contributed by atoms with Crippen LogP contribution in [0.5, 0.6) is 5.75 Å². The van der Waals surface area contributed by atoms with E-state index < -0.39 is 12.1 Å². The zero-order chi connectivity index (χ0) is 24.5. The van der Waals surface area contributed by atoms with E-state index >= 15 is 0 Å². The van der Waals surface area contributed by atoms with Crippen LogP contribution in [0, 0.1) is 6.92 Å². The second kappa shape index (κ2) is 12.6. The number of rotatable bonds is 3. The number of nitrogens with zero attached hydrogens (tertiary/aromatic N) is 2. The number of aryl methyl sites for hydroxylation is 1. The van der Waals surface area contributed by atoms with E-state index in [1.807, 2.05) is 0 Å². The molecule has 34 heavy (non-hydrogen) atoms. The van der Waals surface area contributed by atoms with Crippen molar-refractivity contribution in [3.8, 4) is 5.75 Å². The van der Waals surface area contributed by atoms with Crippen molar-refractivity contribution in [2.75, 3.05) is 26.3 Å². The average molecular weight is 491 g/mol. The fraction of sp³-hybridized carbons (Fsp3) is 0.480. The Morgan fingerprint density at radius 1 is 1.29 bits per heavy atom. The molecule has 1 amide bonds. The van der Waals surface area contributed by atoms with Gasteiger partial charge in [-0.1, -0.05) is 35.0 Å². The minimum Gasteiger partial charge on any atom is -0.506 e. The first-order chi connectivity index (χ1) is 16.4. The first-order valence-electron chi connectivity index (χ1n) is 11.5. The van der Waals surface area contributed by atoms with Crippen LogP contribution in [0.3, 0.4) is 0 Å². The number of amides is 1. The molecule has 1 fully saturated rings. The van der Waals surface area contributed by atoms with Crippen LogP contribution in [0.4, 0.5) is 0 Å². The molecule has 8 nitrogen and oxygen atoms in total. The number of carbonyl (C=O) groups is 2. The van der Waals surface area contributed by atoms with Crippen LogP contribution in [-0.4, -0.2) is 65.1 Å². The molecule has 3 rings (SSSR count). The van der Waals surface area contributed by atoms with E-state index in [1.54, 1.807) is 36.1 Å². The zero-order valence-corrected chi connectivity index (χ0v) is 20.1. The van der Waals surface area contributed by atoms with Crippen molar-refractivity contribution in [3.63, 3.8) is 0 Å². The molecule has 1 saturated heterocycles. The number of hydrogen-bond acceptors (Lipinski definition) is 7. The van der Waals surface area contributed by atoms with E-state index in [4.69, 9.17) is 21.2 Å². The molecule has 0 saturated carbocycles. The van der Waals surface area contributed by atoms with Gasteiger partial charge in [-0.15, -0.1) is 0 Å². The lowest BCUT2D eigenvalue weighted by Gasteiger charge is -2.26. The van der Waals surface area contributed by atoms with Gasteiger partial charge in [0.25, 0.3) is 5.91 Å². The number of cyclic esters (lactones) is 1. The smallest absolute Gasteiger partial charge is 0.338 e. The van der Waals surface area contributed by atoms with Crippen molar-refractivity contribution < 1.29 is 29.4 Å². The fourth-order valence-corrected chi connectivity index (χ4v) is 4.18. The summed E-state index contributed by atoms with van der Waals surface area (Å²) in [7, 11) is 0. The summed E-state index contributed by atoms with van der Waals surface area (Å²) in [4.78, 5) is 32.4. The highest BCUT2D eigenvalue weighted by atomic mass is 35.5. The van der Waals surface area contributed by atoms with Crippen LogP contribution in [0.25, 0.3) is 0 Å². The SMILES string of the molecule is Cc1cc(O)c(Cl)c2c1C(=O)OCC/C=C/C(O)C/C=C/C(=N\OCC(=O)N1CCCCC1)C2. The average Bonchev–Trinajstić information content (AvgIpc) is 2.81. The number of aliphatic hydroxyl groups excluding tert-OH is 1. The largest absolute Gasteiger partial charge is 0.506 e. The van der Waals surface area contributed by atoms with Gasteiger partial charge in [-0.25, -0.2) is 4.79 Å². The lowest BCUT2D eigenvalue weighted by atomic mass is 9.96. The van der Waals surface area contributed by atoms with Gasteiger partial charge in [0.1, 0.15) is 5.75 Å². The predicted octanol–water partition coefficient (Wildman–Crippen LogP) is 3.71. The van der Waals surface area contributed by atoms with Crippen molar-refractivity contribution in [2.45, 2.75) is 51.6 Å². The van der Waals surface area contributed by atoms with Crippen molar-refractivity contribution in [1.29, 1.82) is 0 Å². The summed E-state index contributed by atoms with van der Waals surface area (Å²) in [5.74, 6) is -0.857. The number of fused-ring (bicyclic) bond motifs is 1.